The lowest BCUT2D eigenvalue weighted by molar-refractivity contribution is -0.274. The second-order valence-corrected chi connectivity index (χ2v) is 16.2. The van der Waals surface area contributed by atoms with Crippen LogP contribution in [0.4, 0.5) is 35.0 Å². The van der Waals surface area contributed by atoms with Crippen LogP contribution in [0.1, 0.15) is 37.6 Å². The van der Waals surface area contributed by atoms with E-state index < -0.39 is 46.2 Å². The maximum atomic E-state index is 13.5. The van der Waals surface area contributed by atoms with Gasteiger partial charge in [-0.05, 0) is 59.0 Å². The topological polar surface area (TPSA) is 193 Å². The second-order valence-electron chi connectivity index (χ2n) is 14.5. The van der Waals surface area contributed by atoms with Gasteiger partial charge in [-0.2, -0.15) is 0 Å². The lowest BCUT2D eigenvalue weighted by atomic mass is 9.86. The Bertz CT molecular complexity index is 2460. The second kappa shape index (κ2) is 19.8. The number of ether oxygens (including phenoxy) is 6. The molecule has 0 aliphatic carbocycles. The van der Waals surface area contributed by atoms with Crippen LogP contribution in [0, 0.1) is 0 Å². The number of halogens is 3. The van der Waals surface area contributed by atoms with Crippen LogP contribution in [-0.4, -0.2) is 83.3 Å². The van der Waals surface area contributed by atoms with Crippen LogP contribution in [0.5, 0.6) is 28.7 Å². The third-order valence-electron chi connectivity index (χ3n) is 8.50. The van der Waals surface area contributed by atoms with Gasteiger partial charge in [-0.15, -0.1) is 13.2 Å². The monoisotopic (exact) mass is 870 g/mol. The lowest BCUT2D eigenvalue weighted by Crippen LogP contribution is -2.22. The summed E-state index contributed by atoms with van der Waals surface area (Å²) in [5, 5.41) is 15.5. The Morgan fingerprint density at radius 1 is 0.787 bits per heavy atom. The molecule has 0 fully saturated rings. The first-order chi connectivity index (χ1) is 28.8. The standard InChI is InChI=1S/C42H45F3N4O11S/c1-41(2,3)27-21-35(39(55-4)36(22-27)49-61(5,53)54)48-40(52)47-34-10-11-37(33-9-7-6-8-32(33)34)59-29-12-13-46-28(23-29)18-26-19-30(24-31(20-26)60-42(43,44)45)58-17-16-56-14-15-57-25-38(50)51/h6-13,19-24,49H,14-18,25H2,1-5H3,(H,50,51)(H2,47,48,52). The number of rotatable bonds is 19. The number of hydrogen-bond donors (Lipinski definition) is 4. The molecule has 19 heteroatoms. The molecule has 1 heterocycles. The van der Waals surface area contributed by atoms with Crippen LogP contribution in [0.15, 0.2) is 85.1 Å². The molecule has 0 atom stereocenters. The molecular formula is C42H45F3N4O11S. The number of urea groups is 1. The molecule has 5 aromatic rings. The van der Waals surface area contributed by atoms with E-state index in [1.54, 1.807) is 66.7 Å². The third-order valence-corrected chi connectivity index (χ3v) is 9.09. The van der Waals surface area contributed by atoms with Crippen molar-refractivity contribution in [2.75, 3.05) is 61.8 Å². The summed E-state index contributed by atoms with van der Waals surface area (Å²) in [7, 11) is -2.32. The molecule has 0 aliphatic heterocycles. The Morgan fingerprint density at radius 3 is 2.15 bits per heavy atom. The number of nitrogens with one attached hydrogen (secondary N) is 3. The summed E-state index contributed by atoms with van der Waals surface area (Å²) in [6.07, 6.45) is -2.36. The SMILES string of the molecule is COc1c(NC(=O)Nc2ccc(Oc3ccnc(Cc4cc(OCCOCCOCC(=O)O)cc(OC(F)(F)F)c4)c3)c3ccccc23)cc(C(C)(C)C)cc1NS(C)(=O)=O. The van der Waals surface area contributed by atoms with E-state index in [0.29, 0.717) is 39.2 Å². The number of aliphatic carboxylic acids is 1. The maximum absolute atomic E-state index is 13.5. The fourth-order valence-corrected chi connectivity index (χ4v) is 6.51. The van der Waals surface area contributed by atoms with Gasteiger partial charge in [0.05, 0.1) is 50.2 Å². The summed E-state index contributed by atoms with van der Waals surface area (Å²) >= 11 is 0. The molecule has 4 N–H and O–H groups in total. The number of carboxylic acid groups (broad SMARTS) is 1. The van der Waals surface area contributed by atoms with E-state index in [1.807, 2.05) is 20.8 Å². The minimum Gasteiger partial charge on any atom is -0.492 e. The van der Waals surface area contributed by atoms with Gasteiger partial charge in [-0.1, -0.05) is 45.0 Å². The number of amides is 2. The molecule has 0 unspecified atom stereocenters. The van der Waals surface area contributed by atoms with Crippen LogP contribution in [0.2, 0.25) is 0 Å². The largest absolute Gasteiger partial charge is 0.573 e. The Balaban J connectivity index is 1.31. The number of alkyl halides is 3. The van der Waals surface area contributed by atoms with Gasteiger partial charge in [0, 0.05) is 41.2 Å². The first-order valence-electron chi connectivity index (χ1n) is 18.6. The zero-order valence-electron chi connectivity index (χ0n) is 33.8. The molecule has 1 aromatic heterocycles. The summed E-state index contributed by atoms with van der Waals surface area (Å²) in [6.45, 7) is 5.55. The Morgan fingerprint density at radius 2 is 1.46 bits per heavy atom. The quantitative estimate of drug-likeness (QED) is 0.0581. The van der Waals surface area contributed by atoms with Gasteiger partial charge >= 0.3 is 18.4 Å². The molecule has 2 amide bonds. The van der Waals surface area contributed by atoms with E-state index in [9.17, 15) is 31.2 Å². The van der Waals surface area contributed by atoms with E-state index in [1.165, 1.54) is 19.4 Å². The molecule has 15 nitrogen and oxygen atoms in total. The summed E-state index contributed by atoms with van der Waals surface area (Å²) in [4.78, 5) is 28.4. The Labute approximate surface area is 350 Å². The van der Waals surface area contributed by atoms with E-state index in [2.05, 4.69) is 25.1 Å². The van der Waals surface area contributed by atoms with Crippen LogP contribution in [-0.2, 0) is 36.1 Å². The van der Waals surface area contributed by atoms with Crippen molar-refractivity contribution in [3.8, 4) is 28.7 Å². The highest BCUT2D eigenvalue weighted by atomic mass is 32.2. The van der Waals surface area contributed by atoms with Gasteiger partial charge in [0.15, 0.2) is 5.75 Å². The number of nitrogens with zero attached hydrogens (tertiary/aromatic N) is 1. The molecular weight excluding hydrogens is 826 g/mol. The lowest BCUT2D eigenvalue weighted by Gasteiger charge is -2.24. The predicted molar refractivity (Wildman–Crippen MR) is 222 cm³/mol. The van der Waals surface area contributed by atoms with E-state index >= 15 is 0 Å². The number of carbonyl (C=O) groups is 2. The number of fused-ring (bicyclic) bond motifs is 1. The van der Waals surface area contributed by atoms with Crippen LogP contribution in [0.25, 0.3) is 10.8 Å². The number of carbonyl (C=O) groups excluding carboxylic acids is 1. The van der Waals surface area contributed by atoms with Crippen molar-refractivity contribution in [2.45, 2.75) is 39.0 Å². The van der Waals surface area contributed by atoms with Gasteiger partial charge in [0.2, 0.25) is 10.0 Å². The molecule has 0 saturated heterocycles. The fourth-order valence-electron chi connectivity index (χ4n) is 5.95. The van der Waals surface area contributed by atoms with Crippen LogP contribution in [0.3, 0.4) is 0 Å². The van der Waals surface area contributed by atoms with Crippen molar-refractivity contribution >= 4 is 49.9 Å². The molecule has 61 heavy (non-hydrogen) atoms. The van der Waals surface area contributed by atoms with Crippen molar-refractivity contribution in [3.05, 3.63) is 102 Å². The average molecular weight is 871 g/mol. The van der Waals surface area contributed by atoms with Gasteiger partial charge in [-0.25, -0.2) is 18.0 Å². The highest BCUT2D eigenvalue weighted by Gasteiger charge is 2.31. The van der Waals surface area contributed by atoms with Gasteiger partial charge < -0.3 is 44.2 Å². The van der Waals surface area contributed by atoms with Crippen molar-refractivity contribution in [2.24, 2.45) is 0 Å². The zero-order chi connectivity index (χ0) is 44.4. The highest BCUT2D eigenvalue weighted by molar-refractivity contribution is 7.92. The number of methoxy groups -OCH3 is 1. The summed E-state index contributed by atoms with van der Waals surface area (Å²) in [5.41, 5.74) is 2.02. The molecule has 0 aliphatic rings. The first kappa shape index (κ1) is 45.8. The number of hydrogen-bond acceptors (Lipinski definition) is 11. The number of sulfonamides is 1. The molecule has 0 saturated carbocycles. The van der Waals surface area contributed by atoms with Crippen LogP contribution >= 0.6 is 0 Å². The summed E-state index contributed by atoms with van der Waals surface area (Å²) < 4.78 is 98.3. The Hall–Kier alpha value is -6.31. The van der Waals surface area contributed by atoms with E-state index in [-0.39, 0.29) is 55.7 Å². The van der Waals surface area contributed by atoms with Gasteiger partial charge in [-0.3, -0.25) is 9.71 Å². The molecule has 0 bridgehead atoms. The number of carboxylic acids is 1. The molecule has 4 aromatic carbocycles. The zero-order valence-corrected chi connectivity index (χ0v) is 34.7. The summed E-state index contributed by atoms with van der Waals surface area (Å²) in [5.74, 6) is -0.580. The van der Waals surface area contributed by atoms with Crippen molar-refractivity contribution in [1.29, 1.82) is 0 Å². The Kier molecular flexibility index (Phi) is 14.9. The number of benzene rings is 4. The molecule has 0 radical (unpaired) electrons. The van der Waals surface area contributed by atoms with Crippen LogP contribution < -0.4 is 34.3 Å². The minimum atomic E-state index is -4.95. The van der Waals surface area contributed by atoms with Crippen molar-refractivity contribution < 1.29 is 64.7 Å². The number of aromatic nitrogens is 1. The smallest absolute Gasteiger partial charge is 0.492 e. The van der Waals surface area contributed by atoms with Crippen molar-refractivity contribution in [1.82, 2.24) is 4.98 Å². The van der Waals surface area contributed by atoms with Crippen molar-refractivity contribution in [3.63, 3.8) is 0 Å². The maximum Gasteiger partial charge on any atom is 0.573 e. The predicted octanol–water partition coefficient (Wildman–Crippen LogP) is 8.33. The first-order valence-corrected chi connectivity index (χ1v) is 20.5. The number of pyridine rings is 1. The molecule has 326 valence electrons. The minimum absolute atomic E-state index is 0.0196. The fraction of sp³-hybridized carbons (Fsp3) is 0.310. The van der Waals surface area contributed by atoms with Gasteiger partial charge in [0.1, 0.15) is 36.2 Å². The van der Waals surface area contributed by atoms with E-state index in [0.717, 1.165) is 17.9 Å². The highest BCUT2D eigenvalue weighted by Crippen LogP contribution is 2.40. The van der Waals surface area contributed by atoms with Gasteiger partial charge in [0.25, 0.3) is 0 Å². The summed E-state index contributed by atoms with van der Waals surface area (Å²) in [6, 6.07) is 20.4. The molecule has 0 spiro atoms. The average Bonchev–Trinajstić information content (AvgIpc) is 3.15. The third kappa shape index (κ3) is 14.1. The van der Waals surface area contributed by atoms with E-state index in [4.69, 9.17) is 28.8 Å². The normalized spacial score (nSPS) is 11.8. The molecule has 5 rings (SSSR count). The number of anilines is 3.